The van der Waals surface area contributed by atoms with Crippen LogP contribution in [0.15, 0.2) is 210 Å². The van der Waals surface area contributed by atoms with Crippen LogP contribution in [0.3, 0.4) is 0 Å². The fraction of sp³-hybridized carbons (Fsp3) is 0.0417. The molecule has 1 aliphatic carbocycles. The van der Waals surface area contributed by atoms with Gasteiger partial charge in [0.2, 0.25) is 0 Å². The van der Waals surface area contributed by atoms with Crippen molar-refractivity contribution in [3.8, 4) is 22.3 Å². The van der Waals surface area contributed by atoms with Crippen LogP contribution in [0, 0.1) is 0 Å². The highest BCUT2D eigenvalue weighted by molar-refractivity contribution is 6.21. The summed E-state index contributed by atoms with van der Waals surface area (Å²) in [6, 6.07) is 66.9. The highest BCUT2D eigenvalue weighted by atomic mass is 15.0. The highest BCUT2D eigenvalue weighted by Crippen LogP contribution is 2.58. The van der Waals surface area contributed by atoms with E-state index in [4.69, 9.17) is 9.98 Å². The van der Waals surface area contributed by atoms with Crippen LogP contribution in [-0.4, -0.2) is 11.5 Å². The maximum Gasteiger partial charge on any atom is 0.156 e. The molecule has 7 aromatic carbocycles. The summed E-state index contributed by atoms with van der Waals surface area (Å²) < 4.78 is 0. The molecule has 0 saturated carbocycles. The zero-order chi connectivity index (χ0) is 33.5. The van der Waals surface area contributed by atoms with Crippen LogP contribution in [0.25, 0.3) is 22.3 Å². The smallest absolute Gasteiger partial charge is 0.156 e. The minimum atomic E-state index is -0.432. The molecular weight excluding hydrogens is 605 g/mol. The van der Waals surface area contributed by atoms with Gasteiger partial charge in [0.1, 0.15) is 6.04 Å². The van der Waals surface area contributed by atoms with Crippen LogP contribution < -0.4 is 0 Å². The van der Waals surface area contributed by atoms with Gasteiger partial charge >= 0.3 is 0 Å². The van der Waals surface area contributed by atoms with E-state index >= 15 is 0 Å². The maximum absolute atomic E-state index is 5.18. The Balaban J connectivity index is 1.19. The predicted octanol–water partition coefficient (Wildman–Crippen LogP) is 11.3. The molecule has 0 N–H and O–H groups in total. The minimum absolute atomic E-state index is 0.212. The maximum atomic E-state index is 5.18. The van der Waals surface area contributed by atoms with E-state index in [9.17, 15) is 0 Å². The third-order valence-electron chi connectivity index (χ3n) is 10.2. The Hall–Kier alpha value is -6.38. The van der Waals surface area contributed by atoms with Crippen molar-refractivity contribution in [2.24, 2.45) is 9.98 Å². The monoisotopic (exact) mass is 638 g/mol. The minimum Gasteiger partial charge on any atom is -0.253 e. The number of rotatable bonds is 6. The van der Waals surface area contributed by atoms with E-state index in [1.807, 2.05) is 24.3 Å². The lowest BCUT2D eigenvalue weighted by Crippen LogP contribution is -2.28. The SMILES string of the molecule is C=C1C(c2ccccc2)=NC(c2ccc(-c3cccc4c3-c3ccccc3C4(c3ccccc3)c3ccccc3)cc2)=NC1c1ccccc1. The zero-order valence-corrected chi connectivity index (χ0v) is 27.6. The molecule has 9 rings (SSSR count). The number of nitrogens with zero attached hydrogens (tertiary/aromatic N) is 2. The van der Waals surface area contributed by atoms with Crippen molar-refractivity contribution in [2.75, 3.05) is 0 Å². The molecule has 236 valence electrons. The zero-order valence-electron chi connectivity index (χ0n) is 27.6. The quantitative estimate of drug-likeness (QED) is 0.173. The summed E-state index contributed by atoms with van der Waals surface area (Å²) in [6.07, 6.45) is 0. The first-order valence-electron chi connectivity index (χ1n) is 17.1. The number of hydrogen-bond acceptors (Lipinski definition) is 2. The Morgan fingerprint density at radius 1 is 0.440 bits per heavy atom. The Bertz CT molecular complexity index is 2370. The van der Waals surface area contributed by atoms with Crippen LogP contribution in [0.5, 0.6) is 0 Å². The first-order chi connectivity index (χ1) is 24.7. The van der Waals surface area contributed by atoms with Gasteiger partial charge in [0.25, 0.3) is 0 Å². The Kier molecular flexibility index (Phi) is 7.29. The lowest BCUT2D eigenvalue weighted by molar-refractivity contribution is 0.768. The largest absolute Gasteiger partial charge is 0.253 e. The molecule has 0 spiro atoms. The molecule has 1 heterocycles. The Labute approximate surface area is 293 Å². The predicted molar refractivity (Wildman–Crippen MR) is 207 cm³/mol. The van der Waals surface area contributed by atoms with Crippen LogP contribution >= 0.6 is 0 Å². The fourth-order valence-corrected chi connectivity index (χ4v) is 7.96. The van der Waals surface area contributed by atoms with E-state index in [1.165, 1.54) is 38.9 Å². The van der Waals surface area contributed by atoms with Gasteiger partial charge in [0.15, 0.2) is 5.84 Å². The van der Waals surface area contributed by atoms with Gasteiger partial charge in [-0.1, -0.05) is 195 Å². The number of fused-ring (bicyclic) bond motifs is 3. The molecule has 0 fully saturated rings. The van der Waals surface area contributed by atoms with Crippen molar-refractivity contribution in [3.05, 3.63) is 239 Å². The van der Waals surface area contributed by atoms with Crippen molar-refractivity contribution >= 4 is 11.5 Å². The summed E-state index contributed by atoms with van der Waals surface area (Å²) in [5.74, 6) is 0.715. The molecule has 0 saturated heterocycles. The number of hydrogen-bond donors (Lipinski definition) is 0. The topological polar surface area (TPSA) is 24.7 Å². The first kappa shape index (κ1) is 29.7. The first-order valence-corrected chi connectivity index (χ1v) is 17.1. The molecule has 0 bridgehead atoms. The number of aliphatic imine (C=N–C) groups is 2. The molecule has 1 atom stereocenters. The van der Waals surface area contributed by atoms with Crippen LogP contribution in [0.2, 0.25) is 0 Å². The van der Waals surface area contributed by atoms with Gasteiger partial charge in [-0.2, -0.15) is 0 Å². The standard InChI is InChI=1S/C48H34N2/c1-33-45(35-17-6-2-7-18-35)49-47(50-46(33)36-19-8-3-9-20-36)37-31-29-34(30-32-37)40-26-16-28-43-44(40)41-25-14-15-27-42(41)48(43,38-21-10-4-11-22-38)39-23-12-5-13-24-39/h2-32,45H,1H2. The van der Waals surface area contributed by atoms with Gasteiger partial charge in [0.05, 0.1) is 11.1 Å². The molecule has 2 nitrogen and oxygen atoms in total. The summed E-state index contributed by atoms with van der Waals surface area (Å²) >= 11 is 0. The lowest BCUT2D eigenvalue weighted by atomic mass is 9.67. The molecule has 0 amide bonds. The van der Waals surface area contributed by atoms with Crippen LogP contribution in [0.1, 0.15) is 45.0 Å². The Morgan fingerprint density at radius 2 is 0.960 bits per heavy atom. The summed E-state index contributed by atoms with van der Waals surface area (Å²) in [5.41, 5.74) is 14.5. The molecule has 2 aliphatic rings. The number of amidine groups is 1. The van der Waals surface area contributed by atoms with Gasteiger partial charge in [-0.25, -0.2) is 4.99 Å². The summed E-state index contributed by atoms with van der Waals surface area (Å²) in [4.78, 5) is 10.3. The average molecular weight is 639 g/mol. The van der Waals surface area contributed by atoms with Gasteiger partial charge in [-0.15, -0.1) is 0 Å². The van der Waals surface area contributed by atoms with Gasteiger partial charge in [-0.05, 0) is 50.1 Å². The van der Waals surface area contributed by atoms with E-state index in [0.29, 0.717) is 5.84 Å². The second-order valence-electron chi connectivity index (χ2n) is 13.0. The van der Waals surface area contributed by atoms with E-state index in [1.54, 1.807) is 0 Å². The van der Waals surface area contributed by atoms with Gasteiger partial charge in [-0.3, -0.25) is 4.99 Å². The van der Waals surface area contributed by atoms with Gasteiger partial charge < -0.3 is 0 Å². The summed E-state index contributed by atoms with van der Waals surface area (Å²) in [7, 11) is 0. The van der Waals surface area contributed by atoms with Crippen molar-refractivity contribution < 1.29 is 0 Å². The van der Waals surface area contributed by atoms with E-state index in [-0.39, 0.29) is 6.04 Å². The summed E-state index contributed by atoms with van der Waals surface area (Å²) in [5, 5.41) is 0. The third-order valence-corrected chi connectivity index (χ3v) is 10.2. The fourth-order valence-electron chi connectivity index (χ4n) is 7.96. The summed E-state index contributed by atoms with van der Waals surface area (Å²) in [6.45, 7) is 4.48. The molecule has 7 aromatic rings. The normalized spacial score (nSPS) is 15.8. The lowest BCUT2D eigenvalue weighted by Gasteiger charge is -2.34. The van der Waals surface area contributed by atoms with Crippen molar-refractivity contribution in [2.45, 2.75) is 11.5 Å². The molecule has 0 radical (unpaired) electrons. The van der Waals surface area contributed by atoms with E-state index in [2.05, 4.69) is 170 Å². The molecule has 1 unspecified atom stereocenters. The van der Waals surface area contributed by atoms with Crippen LogP contribution in [0.4, 0.5) is 0 Å². The molecular formula is C48H34N2. The number of benzene rings is 7. The third kappa shape index (κ3) is 4.72. The second-order valence-corrected chi connectivity index (χ2v) is 13.0. The highest BCUT2D eigenvalue weighted by Gasteiger charge is 2.46. The van der Waals surface area contributed by atoms with E-state index < -0.39 is 5.41 Å². The molecule has 1 aliphatic heterocycles. The van der Waals surface area contributed by atoms with Crippen molar-refractivity contribution in [3.63, 3.8) is 0 Å². The average Bonchev–Trinajstić information content (AvgIpc) is 3.51. The van der Waals surface area contributed by atoms with E-state index in [0.717, 1.165) is 33.5 Å². The van der Waals surface area contributed by atoms with Crippen LogP contribution in [-0.2, 0) is 5.41 Å². The van der Waals surface area contributed by atoms with Crippen molar-refractivity contribution in [1.29, 1.82) is 0 Å². The second kappa shape index (κ2) is 12.3. The molecule has 0 aromatic heterocycles. The Morgan fingerprint density at radius 3 is 1.62 bits per heavy atom. The molecule has 2 heteroatoms. The van der Waals surface area contributed by atoms with Crippen molar-refractivity contribution in [1.82, 2.24) is 0 Å². The molecule has 50 heavy (non-hydrogen) atoms. The van der Waals surface area contributed by atoms with Gasteiger partial charge in [0, 0.05) is 16.7 Å².